The number of amides is 1. The van der Waals surface area contributed by atoms with Gasteiger partial charge in [0.05, 0.1) is 0 Å². The molecular weight excluding hydrogens is 412 g/mol. The third-order valence-corrected chi connectivity index (χ3v) is 6.31. The summed E-state index contributed by atoms with van der Waals surface area (Å²) in [6, 6.07) is 22.6. The quantitative estimate of drug-likeness (QED) is 0.403. The number of phenols is 2. The van der Waals surface area contributed by atoms with E-state index in [0.29, 0.717) is 19.4 Å². The monoisotopic (exact) mass is 446 g/mol. The van der Waals surface area contributed by atoms with Gasteiger partial charge in [-0.05, 0) is 73.4 Å². The van der Waals surface area contributed by atoms with Crippen molar-refractivity contribution in [1.82, 2.24) is 5.32 Å². The predicted octanol–water partition coefficient (Wildman–Crippen LogP) is 5.14. The number of phenolic OH excluding ortho intramolecular Hbond substituents is 2. The van der Waals surface area contributed by atoms with Gasteiger partial charge in [-0.25, -0.2) is 0 Å². The number of rotatable bonds is 10. The highest BCUT2D eigenvalue weighted by atomic mass is 16.3. The molecule has 0 aromatic heterocycles. The highest BCUT2D eigenvalue weighted by Gasteiger charge is 2.29. The summed E-state index contributed by atoms with van der Waals surface area (Å²) in [5.41, 5.74) is 3.97. The third kappa shape index (κ3) is 6.28. The van der Waals surface area contributed by atoms with Gasteiger partial charge in [-0.15, -0.1) is 0 Å². The number of hydrogen-bond donors (Lipinski definition) is 3. The Morgan fingerprint density at radius 1 is 0.939 bits per heavy atom. The molecule has 0 saturated heterocycles. The van der Waals surface area contributed by atoms with Crippen molar-refractivity contribution in [2.45, 2.75) is 39.0 Å². The molecule has 0 unspecified atom stereocenters. The van der Waals surface area contributed by atoms with Gasteiger partial charge in [-0.1, -0.05) is 43.3 Å². The average Bonchev–Trinajstić information content (AvgIpc) is 2.81. The molecule has 5 nitrogen and oxygen atoms in total. The summed E-state index contributed by atoms with van der Waals surface area (Å²) in [6.07, 6.45) is 0.971. The molecule has 0 radical (unpaired) electrons. The second-order valence-corrected chi connectivity index (χ2v) is 8.69. The van der Waals surface area contributed by atoms with Gasteiger partial charge < -0.3 is 20.4 Å². The van der Waals surface area contributed by atoms with Gasteiger partial charge in [0.1, 0.15) is 11.5 Å². The highest BCUT2D eigenvalue weighted by molar-refractivity contribution is 5.76. The van der Waals surface area contributed by atoms with Crippen LogP contribution in [0.1, 0.15) is 43.4 Å². The number of aryl methyl sites for hydroxylation is 1. The summed E-state index contributed by atoms with van der Waals surface area (Å²) in [5, 5.41) is 22.5. The Morgan fingerprint density at radius 2 is 1.52 bits per heavy atom. The summed E-state index contributed by atoms with van der Waals surface area (Å²) in [6.45, 7) is 8.49. The fourth-order valence-corrected chi connectivity index (χ4v) is 4.19. The maximum absolute atomic E-state index is 12.7. The number of carbonyl (C=O) groups is 1. The molecule has 0 bridgehead atoms. The number of aromatic hydroxyl groups is 2. The van der Waals surface area contributed by atoms with Crippen molar-refractivity contribution < 1.29 is 15.0 Å². The molecule has 174 valence electrons. The molecule has 0 heterocycles. The maximum Gasteiger partial charge on any atom is 0.220 e. The predicted molar refractivity (Wildman–Crippen MR) is 134 cm³/mol. The highest BCUT2D eigenvalue weighted by Crippen LogP contribution is 2.37. The Bertz CT molecular complexity index is 1000. The van der Waals surface area contributed by atoms with Crippen molar-refractivity contribution in [2.75, 3.05) is 24.5 Å². The van der Waals surface area contributed by atoms with Crippen LogP contribution in [0.2, 0.25) is 0 Å². The lowest BCUT2D eigenvalue weighted by molar-refractivity contribution is -0.121. The number of anilines is 1. The van der Waals surface area contributed by atoms with E-state index >= 15 is 0 Å². The second kappa shape index (κ2) is 10.9. The minimum Gasteiger partial charge on any atom is -0.508 e. The molecule has 1 amide bonds. The molecule has 3 aromatic rings. The van der Waals surface area contributed by atoms with Gasteiger partial charge in [0.2, 0.25) is 5.91 Å². The Hall–Kier alpha value is -3.47. The Morgan fingerprint density at radius 3 is 2.03 bits per heavy atom. The smallest absolute Gasteiger partial charge is 0.220 e. The molecule has 0 fully saturated rings. The van der Waals surface area contributed by atoms with E-state index < -0.39 is 5.41 Å². The fourth-order valence-electron chi connectivity index (χ4n) is 4.19. The van der Waals surface area contributed by atoms with E-state index in [9.17, 15) is 15.0 Å². The van der Waals surface area contributed by atoms with Crippen LogP contribution in [0.5, 0.6) is 11.5 Å². The summed E-state index contributed by atoms with van der Waals surface area (Å²) in [4.78, 5) is 15.0. The number of hydrogen-bond acceptors (Lipinski definition) is 4. The molecule has 0 saturated carbocycles. The SMILES string of the molecule is CCN(CCNC(=O)CCC(C)(c1ccc(O)cc1)c1ccc(O)cc1)c1cccc(C)c1. The number of likely N-dealkylation sites (N-methyl/N-ethyl adjacent to an activating group) is 1. The minimum absolute atomic E-state index is 0.0130. The van der Waals surface area contributed by atoms with Crippen LogP contribution in [-0.4, -0.2) is 35.8 Å². The third-order valence-electron chi connectivity index (χ3n) is 6.31. The molecule has 3 N–H and O–H groups in total. The van der Waals surface area contributed by atoms with Crippen LogP contribution >= 0.6 is 0 Å². The summed E-state index contributed by atoms with van der Waals surface area (Å²) in [5.74, 6) is 0.427. The van der Waals surface area contributed by atoms with E-state index in [1.54, 1.807) is 24.3 Å². The molecule has 0 aliphatic rings. The number of nitrogens with zero attached hydrogens (tertiary/aromatic N) is 1. The molecule has 0 atom stereocenters. The number of benzene rings is 3. The lowest BCUT2D eigenvalue weighted by atomic mass is 9.73. The molecule has 0 aliphatic heterocycles. The number of nitrogens with one attached hydrogen (secondary N) is 1. The van der Waals surface area contributed by atoms with Gasteiger partial charge >= 0.3 is 0 Å². The first-order chi connectivity index (χ1) is 15.8. The zero-order valence-corrected chi connectivity index (χ0v) is 19.7. The molecule has 0 aliphatic carbocycles. The van der Waals surface area contributed by atoms with E-state index in [1.165, 1.54) is 11.3 Å². The van der Waals surface area contributed by atoms with Crippen LogP contribution in [-0.2, 0) is 10.2 Å². The van der Waals surface area contributed by atoms with Gasteiger partial charge in [-0.3, -0.25) is 4.79 Å². The van der Waals surface area contributed by atoms with Gasteiger partial charge in [0, 0.05) is 37.2 Å². The van der Waals surface area contributed by atoms with Crippen LogP contribution in [0.15, 0.2) is 72.8 Å². The Labute approximate surface area is 196 Å². The zero-order valence-electron chi connectivity index (χ0n) is 19.7. The van der Waals surface area contributed by atoms with Gasteiger partial charge in [-0.2, -0.15) is 0 Å². The first-order valence-corrected chi connectivity index (χ1v) is 11.5. The number of carbonyl (C=O) groups excluding carboxylic acids is 1. The second-order valence-electron chi connectivity index (χ2n) is 8.69. The molecule has 33 heavy (non-hydrogen) atoms. The van der Waals surface area contributed by atoms with Crippen LogP contribution < -0.4 is 10.2 Å². The lowest BCUT2D eigenvalue weighted by Gasteiger charge is -2.31. The molecular formula is C28H34N2O3. The van der Waals surface area contributed by atoms with E-state index in [1.807, 2.05) is 24.3 Å². The molecule has 3 aromatic carbocycles. The Balaban J connectivity index is 1.63. The lowest BCUT2D eigenvalue weighted by Crippen LogP contribution is -2.35. The standard InChI is InChI=1S/C28H34N2O3/c1-4-30(24-7-5-6-21(2)20-24)19-18-29-27(33)16-17-28(3,22-8-12-25(31)13-9-22)23-10-14-26(32)15-11-23/h5-15,20,31-32H,4,16-19H2,1-3H3,(H,29,33). The normalized spacial score (nSPS) is 11.2. The maximum atomic E-state index is 12.7. The summed E-state index contributed by atoms with van der Waals surface area (Å²) < 4.78 is 0. The zero-order chi connectivity index (χ0) is 23.8. The van der Waals surface area contributed by atoms with Gasteiger partial charge in [0.25, 0.3) is 0 Å². The van der Waals surface area contributed by atoms with Crippen molar-refractivity contribution in [2.24, 2.45) is 0 Å². The van der Waals surface area contributed by atoms with Crippen LogP contribution in [0.3, 0.4) is 0 Å². The van der Waals surface area contributed by atoms with Crippen molar-refractivity contribution in [1.29, 1.82) is 0 Å². The first-order valence-electron chi connectivity index (χ1n) is 11.5. The van der Waals surface area contributed by atoms with E-state index in [4.69, 9.17) is 0 Å². The molecule has 0 spiro atoms. The summed E-state index contributed by atoms with van der Waals surface area (Å²) in [7, 11) is 0. The van der Waals surface area contributed by atoms with Crippen LogP contribution in [0.25, 0.3) is 0 Å². The van der Waals surface area contributed by atoms with E-state index in [0.717, 1.165) is 24.2 Å². The Kier molecular flexibility index (Phi) is 7.99. The topological polar surface area (TPSA) is 72.8 Å². The van der Waals surface area contributed by atoms with Crippen molar-refractivity contribution in [3.05, 3.63) is 89.5 Å². The fraction of sp³-hybridized carbons (Fsp3) is 0.321. The molecule has 5 heteroatoms. The van der Waals surface area contributed by atoms with Crippen molar-refractivity contribution >= 4 is 11.6 Å². The van der Waals surface area contributed by atoms with Gasteiger partial charge in [0.15, 0.2) is 0 Å². The summed E-state index contributed by atoms with van der Waals surface area (Å²) >= 11 is 0. The van der Waals surface area contributed by atoms with E-state index in [2.05, 4.69) is 55.3 Å². The van der Waals surface area contributed by atoms with Crippen molar-refractivity contribution in [3.8, 4) is 11.5 Å². The first kappa shape index (κ1) is 24.2. The molecule has 3 rings (SSSR count). The minimum atomic E-state index is -0.435. The van der Waals surface area contributed by atoms with Crippen LogP contribution in [0.4, 0.5) is 5.69 Å². The van der Waals surface area contributed by atoms with E-state index in [-0.39, 0.29) is 17.4 Å². The largest absolute Gasteiger partial charge is 0.508 e. The average molecular weight is 447 g/mol. The van der Waals surface area contributed by atoms with Crippen molar-refractivity contribution in [3.63, 3.8) is 0 Å². The van der Waals surface area contributed by atoms with Crippen LogP contribution in [0, 0.1) is 6.92 Å².